The molecule has 2 atom stereocenters. The number of hydrazine groups is 1. The molecule has 7 heteroatoms. The summed E-state index contributed by atoms with van der Waals surface area (Å²) in [6, 6.07) is 6.36. The lowest BCUT2D eigenvalue weighted by Gasteiger charge is -2.35. The Morgan fingerprint density at radius 1 is 1.17 bits per heavy atom. The van der Waals surface area contributed by atoms with Gasteiger partial charge in [-0.15, -0.1) is 0 Å². The summed E-state index contributed by atoms with van der Waals surface area (Å²) in [5, 5.41) is 0.421. The lowest BCUT2D eigenvalue weighted by Crippen LogP contribution is -2.57. The zero-order chi connectivity index (χ0) is 17.8. The van der Waals surface area contributed by atoms with E-state index in [-0.39, 0.29) is 5.97 Å². The van der Waals surface area contributed by atoms with E-state index in [1.54, 1.807) is 18.2 Å². The summed E-state index contributed by atoms with van der Waals surface area (Å²) in [6.45, 7) is 5.52. The summed E-state index contributed by atoms with van der Waals surface area (Å²) in [5.74, 6) is -1.38. The van der Waals surface area contributed by atoms with Crippen molar-refractivity contribution in [3.8, 4) is 0 Å². The second kappa shape index (κ2) is 5.21. The number of carbonyl (C=O) groups excluding carboxylic acids is 3. The Morgan fingerprint density at radius 2 is 1.88 bits per heavy atom. The van der Waals surface area contributed by atoms with Crippen LogP contribution in [-0.2, 0) is 14.3 Å². The monoisotopic (exact) mass is 350 g/mol. The molecule has 1 aromatic carbocycles. The molecule has 1 saturated carbocycles. The number of esters is 1. The number of hydrogen-bond donors (Lipinski definition) is 2. The highest BCUT2D eigenvalue weighted by Gasteiger charge is 2.75. The first-order valence-corrected chi connectivity index (χ1v) is 8.12. The van der Waals surface area contributed by atoms with Crippen molar-refractivity contribution < 1.29 is 19.1 Å². The Bertz CT molecular complexity index is 748. The van der Waals surface area contributed by atoms with Gasteiger partial charge < -0.3 is 4.74 Å². The van der Waals surface area contributed by atoms with Crippen LogP contribution in [0, 0.1) is 10.8 Å². The molecule has 2 N–H and O–H groups in total. The molecule has 24 heavy (non-hydrogen) atoms. The number of hydrogen-bond acceptors (Lipinski definition) is 4. The van der Waals surface area contributed by atoms with Crippen molar-refractivity contribution in [3.63, 3.8) is 0 Å². The van der Waals surface area contributed by atoms with Gasteiger partial charge >= 0.3 is 5.97 Å². The van der Waals surface area contributed by atoms with E-state index in [1.165, 1.54) is 6.07 Å². The molecule has 1 saturated heterocycles. The normalized spacial score (nSPS) is 29.9. The molecule has 2 amide bonds. The lowest BCUT2D eigenvalue weighted by atomic mass is 9.66. The summed E-state index contributed by atoms with van der Waals surface area (Å²) < 4.78 is 5.46. The largest absolute Gasteiger partial charge is 0.448 e. The first-order chi connectivity index (χ1) is 11.1. The van der Waals surface area contributed by atoms with Crippen LogP contribution < -0.4 is 10.9 Å². The fourth-order valence-electron chi connectivity index (χ4n) is 3.66. The maximum atomic E-state index is 12.7. The van der Waals surface area contributed by atoms with Gasteiger partial charge in [0.25, 0.3) is 11.8 Å². The molecule has 0 radical (unpaired) electrons. The summed E-state index contributed by atoms with van der Waals surface area (Å²) in [6.07, 6.45) is 1.01. The number of rotatable bonds is 2. The van der Waals surface area contributed by atoms with E-state index in [4.69, 9.17) is 16.3 Å². The molecule has 6 nitrogen and oxygen atoms in total. The Labute approximate surface area is 144 Å². The molecule has 2 bridgehead atoms. The molecule has 2 unspecified atom stereocenters. The smallest absolute Gasteiger partial charge is 0.313 e. The molecule has 1 aliphatic carbocycles. The third-order valence-corrected chi connectivity index (χ3v) is 6.06. The van der Waals surface area contributed by atoms with Gasteiger partial charge in [-0.2, -0.15) is 0 Å². The predicted octanol–water partition coefficient (Wildman–Crippen LogP) is 2.22. The van der Waals surface area contributed by atoms with Gasteiger partial charge in [0.15, 0.2) is 5.60 Å². The van der Waals surface area contributed by atoms with Crippen LogP contribution in [0.4, 0.5) is 0 Å². The van der Waals surface area contributed by atoms with Crippen LogP contribution in [0.15, 0.2) is 24.3 Å². The topological polar surface area (TPSA) is 84.5 Å². The fourth-order valence-corrected chi connectivity index (χ4v) is 3.85. The molecule has 2 fully saturated rings. The average Bonchev–Trinajstić information content (AvgIpc) is 2.82. The third-order valence-electron chi connectivity index (χ3n) is 5.83. The van der Waals surface area contributed by atoms with E-state index < -0.39 is 28.2 Å². The van der Waals surface area contributed by atoms with Gasteiger partial charge in [0.2, 0.25) is 0 Å². The molecule has 1 heterocycles. The number of carbonyl (C=O) groups is 3. The molecular formula is C17H19ClN2O4. The third kappa shape index (κ3) is 2.05. The number of fused-ring (bicyclic) bond motifs is 2. The highest BCUT2D eigenvalue weighted by atomic mass is 35.5. The van der Waals surface area contributed by atoms with Crippen molar-refractivity contribution in [2.75, 3.05) is 0 Å². The zero-order valence-electron chi connectivity index (χ0n) is 13.7. The average molecular weight is 351 g/mol. The van der Waals surface area contributed by atoms with Crippen LogP contribution in [0.1, 0.15) is 44.0 Å². The summed E-state index contributed by atoms with van der Waals surface area (Å²) in [4.78, 5) is 37.0. The van der Waals surface area contributed by atoms with Crippen molar-refractivity contribution in [2.45, 2.75) is 39.2 Å². The minimum absolute atomic E-state index is 0.319. The predicted molar refractivity (Wildman–Crippen MR) is 87.0 cm³/mol. The van der Waals surface area contributed by atoms with Crippen molar-refractivity contribution >= 4 is 29.4 Å². The van der Waals surface area contributed by atoms with Crippen molar-refractivity contribution in [1.82, 2.24) is 10.9 Å². The van der Waals surface area contributed by atoms with E-state index >= 15 is 0 Å². The van der Waals surface area contributed by atoms with Gasteiger partial charge in [0.1, 0.15) is 0 Å². The van der Waals surface area contributed by atoms with Crippen LogP contribution in [0.3, 0.4) is 0 Å². The second-order valence-corrected chi connectivity index (χ2v) is 7.53. The van der Waals surface area contributed by atoms with Gasteiger partial charge in [0.05, 0.1) is 5.41 Å². The fraction of sp³-hybridized carbons (Fsp3) is 0.471. The van der Waals surface area contributed by atoms with Crippen LogP contribution >= 0.6 is 11.6 Å². The Kier molecular flexibility index (Phi) is 3.64. The van der Waals surface area contributed by atoms with E-state index in [9.17, 15) is 14.4 Å². The van der Waals surface area contributed by atoms with Crippen LogP contribution in [0.5, 0.6) is 0 Å². The highest BCUT2D eigenvalue weighted by molar-refractivity contribution is 6.30. The minimum Gasteiger partial charge on any atom is -0.448 e. The molecule has 128 valence electrons. The van der Waals surface area contributed by atoms with E-state index in [0.29, 0.717) is 23.4 Å². The van der Waals surface area contributed by atoms with Crippen LogP contribution in [-0.4, -0.2) is 23.4 Å². The summed E-state index contributed by atoms with van der Waals surface area (Å²) in [5.41, 5.74) is 2.45. The minimum atomic E-state index is -1.26. The molecule has 1 aromatic rings. The molecule has 2 aliphatic rings. The van der Waals surface area contributed by atoms with Crippen molar-refractivity contribution in [3.05, 3.63) is 34.9 Å². The number of amides is 2. The van der Waals surface area contributed by atoms with Gasteiger partial charge in [-0.05, 0) is 38.0 Å². The summed E-state index contributed by atoms with van der Waals surface area (Å²) in [7, 11) is 0. The maximum Gasteiger partial charge on any atom is 0.313 e. The van der Waals surface area contributed by atoms with Crippen LogP contribution in [0.25, 0.3) is 0 Å². The molecule has 3 rings (SSSR count). The van der Waals surface area contributed by atoms with E-state index in [0.717, 1.165) is 0 Å². The SMILES string of the molecule is CC12CCC(C(=O)NNC(=O)c3cccc(Cl)c3)(OC1=O)C2(C)C. The maximum absolute atomic E-state index is 12.7. The first kappa shape index (κ1) is 16.8. The van der Waals surface area contributed by atoms with Crippen molar-refractivity contribution in [2.24, 2.45) is 10.8 Å². The highest BCUT2D eigenvalue weighted by Crippen LogP contribution is 2.65. The van der Waals surface area contributed by atoms with Gasteiger partial charge in [0, 0.05) is 16.0 Å². The zero-order valence-corrected chi connectivity index (χ0v) is 14.5. The standard InChI is InChI=1S/C17H19ClN2O4/c1-15(2)16(3)7-8-17(15,24-14(16)23)13(22)20-19-12(21)10-5-4-6-11(18)9-10/h4-6,9H,7-8H2,1-3H3,(H,19,21)(H,20,22). The number of nitrogens with one attached hydrogen (secondary N) is 2. The van der Waals surface area contributed by atoms with E-state index in [2.05, 4.69) is 10.9 Å². The van der Waals surface area contributed by atoms with E-state index in [1.807, 2.05) is 20.8 Å². The Hall–Kier alpha value is -2.08. The lowest BCUT2D eigenvalue weighted by molar-refractivity contribution is -0.168. The van der Waals surface area contributed by atoms with Crippen molar-refractivity contribution in [1.29, 1.82) is 0 Å². The Balaban J connectivity index is 1.74. The van der Waals surface area contributed by atoms with Gasteiger partial charge in [-0.3, -0.25) is 25.2 Å². The Morgan fingerprint density at radius 3 is 2.42 bits per heavy atom. The number of benzene rings is 1. The first-order valence-electron chi connectivity index (χ1n) is 7.74. The van der Waals surface area contributed by atoms with Crippen LogP contribution in [0.2, 0.25) is 5.02 Å². The molecular weight excluding hydrogens is 332 g/mol. The number of ether oxygens (including phenoxy) is 1. The van der Waals surface area contributed by atoms with Gasteiger partial charge in [-0.1, -0.05) is 31.5 Å². The summed E-state index contributed by atoms with van der Waals surface area (Å²) >= 11 is 5.85. The molecule has 0 spiro atoms. The number of halogens is 1. The molecule has 0 aromatic heterocycles. The molecule has 1 aliphatic heterocycles. The quantitative estimate of drug-likeness (QED) is 0.632. The van der Waals surface area contributed by atoms with Gasteiger partial charge in [-0.25, -0.2) is 0 Å². The second-order valence-electron chi connectivity index (χ2n) is 7.09.